The van der Waals surface area contributed by atoms with Crippen LogP contribution in [0.5, 0.6) is 0 Å². The van der Waals surface area contributed by atoms with Crippen molar-refractivity contribution in [3.8, 4) is 0 Å². The Balaban J connectivity index is 2.07. The fourth-order valence-electron chi connectivity index (χ4n) is 3.19. The zero-order chi connectivity index (χ0) is 14.8. The van der Waals surface area contributed by atoms with Crippen LogP contribution in [0, 0.1) is 0 Å². The van der Waals surface area contributed by atoms with Crippen LogP contribution in [-0.4, -0.2) is 0 Å². The number of rotatable bonds is 4. The molecule has 0 aromatic heterocycles. The van der Waals surface area contributed by atoms with E-state index in [0.717, 1.165) is 4.47 Å². The smallest absolute Gasteiger partial charge is 0.0181 e. The van der Waals surface area contributed by atoms with Gasteiger partial charge >= 0.3 is 0 Å². The quantitative estimate of drug-likeness (QED) is 0.609. The van der Waals surface area contributed by atoms with Crippen molar-refractivity contribution in [2.75, 3.05) is 0 Å². The van der Waals surface area contributed by atoms with E-state index in [1.165, 1.54) is 47.1 Å². The Morgan fingerprint density at radius 3 is 2.67 bits per heavy atom. The Morgan fingerprint density at radius 1 is 1.05 bits per heavy atom. The summed E-state index contributed by atoms with van der Waals surface area (Å²) >= 11 is 3.62. The van der Waals surface area contributed by atoms with Crippen LogP contribution in [0.1, 0.15) is 54.9 Å². The van der Waals surface area contributed by atoms with Gasteiger partial charge in [0.05, 0.1) is 0 Å². The van der Waals surface area contributed by atoms with Gasteiger partial charge < -0.3 is 0 Å². The summed E-state index contributed by atoms with van der Waals surface area (Å²) in [5, 5.41) is 0. The molecule has 3 rings (SSSR count). The van der Waals surface area contributed by atoms with Crippen molar-refractivity contribution in [2.45, 2.75) is 39.0 Å². The minimum atomic E-state index is 0.502. The minimum Gasteiger partial charge on any atom is -0.0688 e. The van der Waals surface area contributed by atoms with E-state index in [2.05, 4.69) is 78.3 Å². The van der Waals surface area contributed by atoms with E-state index < -0.39 is 0 Å². The van der Waals surface area contributed by atoms with Gasteiger partial charge in [0.15, 0.2) is 0 Å². The van der Waals surface area contributed by atoms with Gasteiger partial charge in [-0.15, -0.1) is 0 Å². The van der Waals surface area contributed by atoms with Gasteiger partial charge in [-0.25, -0.2) is 0 Å². The Bertz CT molecular complexity index is 682. The molecule has 21 heavy (non-hydrogen) atoms. The van der Waals surface area contributed by atoms with Crippen LogP contribution in [0.15, 0.2) is 53.0 Å². The Kier molecular flexibility index (Phi) is 4.30. The highest BCUT2D eigenvalue weighted by Crippen LogP contribution is 2.41. The third kappa shape index (κ3) is 2.85. The molecule has 1 atom stereocenters. The van der Waals surface area contributed by atoms with Crippen LogP contribution in [-0.2, 0) is 6.42 Å². The van der Waals surface area contributed by atoms with Crippen molar-refractivity contribution in [1.82, 2.24) is 0 Å². The van der Waals surface area contributed by atoms with E-state index in [0.29, 0.717) is 5.92 Å². The molecule has 0 fully saturated rings. The number of halogens is 1. The summed E-state index contributed by atoms with van der Waals surface area (Å²) in [7, 11) is 0. The second-order valence-corrected chi connectivity index (χ2v) is 6.78. The molecule has 0 spiro atoms. The van der Waals surface area contributed by atoms with Gasteiger partial charge in [0, 0.05) is 10.4 Å². The second-order valence-electron chi connectivity index (χ2n) is 5.86. The predicted octanol–water partition coefficient (Wildman–Crippen LogP) is 6.34. The largest absolute Gasteiger partial charge is 0.0688 e. The fraction of sp³-hybridized carbons (Fsp3) is 0.300. The summed E-state index contributed by atoms with van der Waals surface area (Å²) < 4.78 is 1.16. The molecule has 2 aromatic rings. The van der Waals surface area contributed by atoms with Gasteiger partial charge in [0.1, 0.15) is 0 Å². The third-order valence-corrected chi connectivity index (χ3v) is 4.81. The van der Waals surface area contributed by atoms with E-state index in [1.807, 2.05) is 0 Å². The van der Waals surface area contributed by atoms with Gasteiger partial charge in [-0.1, -0.05) is 72.6 Å². The molecule has 0 aliphatic heterocycles. The molecule has 0 nitrogen and oxygen atoms in total. The molecule has 0 saturated carbocycles. The number of allylic oxidation sites excluding steroid dienone is 1. The molecule has 0 N–H and O–H groups in total. The molecule has 1 aliphatic carbocycles. The van der Waals surface area contributed by atoms with Crippen molar-refractivity contribution in [1.29, 1.82) is 0 Å². The monoisotopic (exact) mass is 340 g/mol. The normalized spacial score (nSPS) is 16.7. The van der Waals surface area contributed by atoms with Crippen LogP contribution in [0.3, 0.4) is 0 Å². The average molecular weight is 341 g/mol. The number of fused-ring (bicyclic) bond motifs is 1. The van der Waals surface area contributed by atoms with Gasteiger partial charge in [-0.3, -0.25) is 0 Å². The van der Waals surface area contributed by atoms with Crippen molar-refractivity contribution in [2.24, 2.45) is 0 Å². The molecule has 0 heterocycles. The van der Waals surface area contributed by atoms with E-state index in [-0.39, 0.29) is 0 Å². The van der Waals surface area contributed by atoms with Crippen molar-refractivity contribution in [3.63, 3.8) is 0 Å². The van der Waals surface area contributed by atoms with Crippen molar-refractivity contribution in [3.05, 3.63) is 75.3 Å². The minimum absolute atomic E-state index is 0.502. The Morgan fingerprint density at radius 2 is 1.86 bits per heavy atom. The van der Waals surface area contributed by atoms with E-state index in [1.54, 1.807) is 0 Å². The van der Waals surface area contributed by atoms with Gasteiger partial charge in [0.25, 0.3) is 0 Å². The number of unbranched alkanes of at least 4 members (excludes halogenated alkanes) is 1. The highest BCUT2D eigenvalue weighted by molar-refractivity contribution is 9.10. The zero-order valence-electron chi connectivity index (χ0n) is 12.7. The molecule has 108 valence electrons. The standard InChI is InChI=1S/C20H21Br/c1-3-4-7-15-8-5-6-9-18(15)19-12-14(2)17-11-10-16(21)13-20(17)19/h5-6,8-14H,3-4,7H2,1-2H3. The first-order chi connectivity index (χ1) is 10.2. The van der Waals surface area contributed by atoms with Crippen molar-refractivity contribution < 1.29 is 0 Å². The summed E-state index contributed by atoms with van der Waals surface area (Å²) in [6.45, 7) is 4.54. The van der Waals surface area contributed by atoms with Crippen LogP contribution < -0.4 is 0 Å². The van der Waals surface area contributed by atoms with E-state index >= 15 is 0 Å². The highest BCUT2D eigenvalue weighted by Gasteiger charge is 2.22. The first kappa shape index (κ1) is 14.6. The number of aryl methyl sites for hydroxylation is 1. The lowest BCUT2D eigenvalue weighted by molar-refractivity contribution is 0.794. The van der Waals surface area contributed by atoms with Crippen molar-refractivity contribution >= 4 is 21.5 Å². The summed E-state index contributed by atoms with van der Waals surface area (Å²) in [5.74, 6) is 0.502. The summed E-state index contributed by atoms with van der Waals surface area (Å²) in [6.07, 6.45) is 6.08. The third-order valence-electron chi connectivity index (χ3n) is 4.32. The van der Waals surface area contributed by atoms with Crippen LogP contribution in [0.4, 0.5) is 0 Å². The average Bonchev–Trinajstić information content (AvgIpc) is 2.82. The molecular weight excluding hydrogens is 320 g/mol. The summed E-state index contributed by atoms with van der Waals surface area (Å²) in [6, 6.07) is 15.5. The first-order valence-corrected chi connectivity index (χ1v) is 8.60. The van der Waals surface area contributed by atoms with E-state index in [4.69, 9.17) is 0 Å². The number of hydrogen-bond acceptors (Lipinski definition) is 0. The fourth-order valence-corrected chi connectivity index (χ4v) is 3.55. The lowest BCUT2D eigenvalue weighted by atomic mass is 9.93. The molecule has 0 radical (unpaired) electrons. The maximum absolute atomic E-state index is 3.62. The van der Waals surface area contributed by atoms with Gasteiger partial charge in [-0.05, 0) is 52.8 Å². The Hall–Kier alpha value is -1.34. The van der Waals surface area contributed by atoms with Crippen LogP contribution in [0.2, 0.25) is 0 Å². The summed E-state index contributed by atoms with van der Waals surface area (Å²) in [5.41, 5.74) is 7.13. The molecule has 0 bridgehead atoms. The lowest BCUT2D eigenvalue weighted by Gasteiger charge is -2.12. The molecule has 0 saturated heterocycles. The van der Waals surface area contributed by atoms with Crippen LogP contribution >= 0.6 is 15.9 Å². The molecule has 0 amide bonds. The number of hydrogen-bond donors (Lipinski definition) is 0. The molecule has 2 aromatic carbocycles. The highest BCUT2D eigenvalue weighted by atomic mass is 79.9. The SMILES string of the molecule is CCCCc1ccccc1C1=CC(C)c2ccc(Br)cc21. The molecule has 1 aliphatic rings. The Labute approximate surface area is 136 Å². The number of benzene rings is 2. The second kappa shape index (κ2) is 6.19. The zero-order valence-corrected chi connectivity index (χ0v) is 14.3. The lowest BCUT2D eigenvalue weighted by Crippen LogP contribution is -1.95. The van der Waals surface area contributed by atoms with Gasteiger partial charge in [0.2, 0.25) is 0 Å². The topological polar surface area (TPSA) is 0 Å². The maximum atomic E-state index is 3.62. The molecular formula is C20H21Br. The first-order valence-electron chi connectivity index (χ1n) is 7.80. The van der Waals surface area contributed by atoms with E-state index in [9.17, 15) is 0 Å². The predicted molar refractivity (Wildman–Crippen MR) is 94.7 cm³/mol. The van der Waals surface area contributed by atoms with Gasteiger partial charge in [-0.2, -0.15) is 0 Å². The molecule has 1 unspecified atom stereocenters. The van der Waals surface area contributed by atoms with Crippen LogP contribution in [0.25, 0.3) is 5.57 Å². The summed E-state index contributed by atoms with van der Waals surface area (Å²) in [4.78, 5) is 0. The molecule has 1 heteroatoms. The maximum Gasteiger partial charge on any atom is 0.0181 e.